The quantitative estimate of drug-likeness (QED) is 0.452. The number of nitrogens with one attached hydrogen (secondary N) is 2. The predicted octanol–water partition coefficient (Wildman–Crippen LogP) is 0.728. The van der Waals surface area contributed by atoms with Gasteiger partial charge in [0.1, 0.15) is 18.0 Å². The zero-order chi connectivity index (χ0) is 20.7. The molecule has 1 aromatic carbocycles. The molecule has 1 fully saturated rings. The van der Waals surface area contributed by atoms with Gasteiger partial charge in [0.25, 0.3) is 5.91 Å². The molecule has 4 N–H and O–H groups in total. The lowest BCUT2D eigenvalue weighted by atomic mass is 10.1. The second-order valence-corrected chi connectivity index (χ2v) is 6.68. The molecule has 29 heavy (non-hydrogen) atoms. The molecule has 0 aliphatic carbocycles. The largest absolute Gasteiger partial charge is 0.387 e. The van der Waals surface area contributed by atoms with E-state index in [0.29, 0.717) is 5.69 Å². The van der Waals surface area contributed by atoms with Gasteiger partial charge in [-0.05, 0) is 29.8 Å². The van der Waals surface area contributed by atoms with Crippen LogP contribution in [0.2, 0.25) is 5.28 Å². The molecule has 12 heteroatoms. The molecule has 0 unspecified atom stereocenters. The Balaban J connectivity index is 1.72. The number of ether oxygens (including phenoxy) is 1. The van der Waals surface area contributed by atoms with Crippen molar-refractivity contribution in [3.8, 4) is 0 Å². The highest BCUT2D eigenvalue weighted by Gasteiger charge is 2.47. The lowest BCUT2D eigenvalue weighted by molar-refractivity contribution is -0.137. The summed E-state index contributed by atoms with van der Waals surface area (Å²) in [5, 5.41) is 25.7. The van der Waals surface area contributed by atoms with Crippen LogP contribution in [0.4, 0.5) is 15.9 Å². The average molecular weight is 423 g/mol. The standard InChI is InChI=1S/C17H16ClFN6O4/c1-20-15(28)12-10(26)11(27)16(29-12)25-6-21-9-13(23-17(18)24-14(9)25)22-8-4-2-3-7(19)5-8/h2-6,10-12,16,26-27H,1H3,(H,20,28)(H,22,23,24)/t10-,11+,12-,16+/m0/s1. The van der Waals surface area contributed by atoms with Gasteiger partial charge in [0.2, 0.25) is 5.28 Å². The lowest BCUT2D eigenvalue weighted by Gasteiger charge is -2.16. The molecule has 3 aromatic rings. The van der Waals surface area contributed by atoms with Crippen molar-refractivity contribution in [2.75, 3.05) is 12.4 Å². The number of likely N-dealkylation sites (N-methyl/N-ethyl adjacent to an activating group) is 1. The van der Waals surface area contributed by atoms with Crippen LogP contribution in [0.5, 0.6) is 0 Å². The van der Waals surface area contributed by atoms with Gasteiger partial charge >= 0.3 is 0 Å². The first-order chi connectivity index (χ1) is 13.9. The van der Waals surface area contributed by atoms with E-state index in [1.165, 1.54) is 36.1 Å². The number of hydrogen-bond acceptors (Lipinski definition) is 8. The van der Waals surface area contributed by atoms with Gasteiger partial charge in [-0.25, -0.2) is 9.37 Å². The Morgan fingerprint density at radius 2 is 2.10 bits per heavy atom. The number of aliphatic hydroxyl groups is 2. The van der Waals surface area contributed by atoms with Crippen molar-refractivity contribution in [3.05, 3.63) is 41.7 Å². The number of fused-ring (bicyclic) bond motifs is 1. The van der Waals surface area contributed by atoms with Gasteiger partial charge in [0.15, 0.2) is 29.3 Å². The summed E-state index contributed by atoms with van der Waals surface area (Å²) < 4.78 is 20.3. The van der Waals surface area contributed by atoms with Gasteiger partial charge in [-0.1, -0.05) is 6.07 Å². The highest BCUT2D eigenvalue weighted by atomic mass is 35.5. The third-order valence-corrected chi connectivity index (χ3v) is 4.67. The van der Waals surface area contributed by atoms with Crippen molar-refractivity contribution in [1.82, 2.24) is 24.8 Å². The molecule has 3 heterocycles. The van der Waals surface area contributed by atoms with Gasteiger partial charge in [0.05, 0.1) is 6.33 Å². The van der Waals surface area contributed by atoms with Gasteiger partial charge < -0.3 is 25.6 Å². The second kappa shape index (κ2) is 7.52. The van der Waals surface area contributed by atoms with Crippen LogP contribution in [0.15, 0.2) is 30.6 Å². The second-order valence-electron chi connectivity index (χ2n) is 6.34. The van der Waals surface area contributed by atoms with Crippen molar-refractivity contribution in [2.45, 2.75) is 24.5 Å². The minimum absolute atomic E-state index is 0.131. The molecule has 1 amide bonds. The highest BCUT2D eigenvalue weighted by molar-refractivity contribution is 6.28. The predicted molar refractivity (Wildman–Crippen MR) is 100 cm³/mol. The summed E-state index contributed by atoms with van der Waals surface area (Å²) in [7, 11) is 1.39. The van der Waals surface area contributed by atoms with Crippen LogP contribution in [0.1, 0.15) is 6.23 Å². The monoisotopic (exact) mass is 422 g/mol. The van der Waals surface area contributed by atoms with Crippen LogP contribution in [-0.2, 0) is 9.53 Å². The number of hydrogen-bond donors (Lipinski definition) is 4. The molecule has 1 aliphatic heterocycles. The zero-order valence-corrected chi connectivity index (χ0v) is 15.7. The first-order valence-corrected chi connectivity index (χ1v) is 8.92. The minimum Gasteiger partial charge on any atom is -0.387 e. The fourth-order valence-corrected chi connectivity index (χ4v) is 3.28. The number of nitrogens with zero attached hydrogens (tertiary/aromatic N) is 4. The molecule has 1 saturated heterocycles. The Morgan fingerprint density at radius 3 is 2.83 bits per heavy atom. The maximum absolute atomic E-state index is 13.5. The van der Waals surface area contributed by atoms with Gasteiger partial charge in [-0.3, -0.25) is 9.36 Å². The molecule has 0 spiro atoms. The summed E-state index contributed by atoms with van der Waals surface area (Å²) in [6.45, 7) is 0. The van der Waals surface area contributed by atoms with E-state index in [0.717, 1.165) is 0 Å². The third-order valence-electron chi connectivity index (χ3n) is 4.50. The normalized spacial score (nSPS) is 24.0. The lowest BCUT2D eigenvalue weighted by Crippen LogP contribution is -2.41. The van der Waals surface area contributed by atoms with Crippen LogP contribution in [0, 0.1) is 5.82 Å². The molecule has 0 saturated carbocycles. The molecule has 0 radical (unpaired) electrons. The third kappa shape index (κ3) is 3.49. The zero-order valence-electron chi connectivity index (χ0n) is 15.0. The van der Waals surface area contributed by atoms with Gasteiger partial charge in [-0.2, -0.15) is 9.97 Å². The van der Waals surface area contributed by atoms with Crippen molar-refractivity contribution < 1.29 is 24.1 Å². The van der Waals surface area contributed by atoms with E-state index in [1.807, 2.05) is 0 Å². The Kier molecular flexibility index (Phi) is 5.04. The Labute approximate surface area is 168 Å². The number of aliphatic hydroxyl groups excluding tert-OH is 2. The number of benzene rings is 1. The summed E-state index contributed by atoms with van der Waals surface area (Å²) >= 11 is 6.03. The fourth-order valence-electron chi connectivity index (χ4n) is 3.11. The Bertz CT molecular complexity index is 1080. The van der Waals surface area contributed by atoms with Gasteiger partial charge in [0, 0.05) is 12.7 Å². The first kappa shape index (κ1) is 19.5. The number of amides is 1. The summed E-state index contributed by atoms with van der Waals surface area (Å²) in [5.41, 5.74) is 0.882. The molecule has 1 aliphatic rings. The topological polar surface area (TPSA) is 134 Å². The van der Waals surface area contributed by atoms with Crippen molar-refractivity contribution >= 4 is 40.2 Å². The van der Waals surface area contributed by atoms with E-state index in [-0.39, 0.29) is 22.3 Å². The molecule has 4 rings (SSSR count). The van der Waals surface area contributed by atoms with Crippen LogP contribution < -0.4 is 10.6 Å². The fraction of sp³-hybridized carbons (Fsp3) is 0.294. The number of anilines is 2. The van der Waals surface area contributed by atoms with E-state index < -0.39 is 36.3 Å². The number of rotatable bonds is 4. The van der Waals surface area contributed by atoms with Crippen LogP contribution in [-0.4, -0.2) is 61.0 Å². The first-order valence-electron chi connectivity index (χ1n) is 8.55. The summed E-state index contributed by atoms with van der Waals surface area (Å²) in [6.07, 6.45) is -3.94. The Hall–Kier alpha value is -2.86. The van der Waals surface area contributed by atoms with E-state index >= 15 is 0 Å². The number of carbonyl (C=O) groups excluding carboxylic acids is 1. The number of carbonyl (C=O) groups is 1. The van der Waals surface area contributed by atoms with E-state index in [1.54, 1.807) is 6.07 Å². The SMILES string of the molecule is CNC(=O)[C@H]1O[C@@H](n2cnc3c(Nc4cccc(F)c4)nc(Cl)nc32)[C@H](O)[C@@H]1O. The van der Waals surface area contributed by atoms with Crippen molar-refractivity contribution in [2.24, 2.45) is 0 Å². The summed E-state index contributed by atoms with van der Waals surface area (Å²) in [6, 6.07) is 5.73. The number of imidazole rings is 1. The van der Waals surface area contributed by atoms with Crippen molar-refractivity contribution in [1.29, 1.82) is 0 Å². The maximum Gasteiger partial charge on any atom is 0.251 e. The van der Waals surface area contributed by atoms with Crippen LogP contribution in [0.3, 0.4) is 0 Å². The number of halogens is 2. The van der Waals surface area contributed by atoms with Gasteiger partial charge in [-0.15, -0.1) is 0 Å². The minimum atomic E-state index is -1.44. The average Bonchev–Trinajstić information content (AvgIpc) is 3.23. The molecule has 152 valence electrons. The maximum atomic E-state index is 13.5. The molecular formula is C17H16ClFN6O4. The van der Waals surface area contributed by atoms with Crippen molar-refractivity contribution in [3.63, 3.8) is 0 Å². The van der Waals surface area contributed by atoms with Crippen LogP contribution >= 0.6 is 11.6 Å². The molecule has 4 atom stereocenters. The van der Waals surface area contributed by atoms with E-state index in [2.05, 4.69) is 25.6 Å². The summed E-state index contributed by atoms with van der Waals surface area (Å²) in [4.78, 5) is 24.3. The van der Waals surface area contributed by atoms with E-state index in [4.69, 9.17) is 16.3 Å². The molecule has 0 bridgehead atoms. The smallest absolute Gasteiger partial charge is 0.251 e. The molecular weight excluding hydrogens is 407 g/mol. The number of aromatic nitrogens is 4. The highest BCUT2D eigenvalue weighted by Crippen LogP contribution is 2.33. The van der Waals surface area contributed by atoms with E-state index in [9.17, 15) is 19.4 Å². The molecule has 10 nitrogen and oxygen atoms in total. The summed E-state index contributed by atoms with van der Waals surface area (Å²) in [5.74, 6) is -0.807. The molecule has 2 aromatic heterocycles. The van der Waals surface area contributed by atoms with Crippen LogP contribution in [0.25, 0.3) is 11.2 Å². The Morgan fingerprint density at radius 1 is 1.31 bits per heavy atom.